The smallest absolute Gasteiger partial charge is 0.389 e. The Morgan fingerprint density at radius 3 is 2.40 bits per heavy atom. The zero-order valence-corrected chi connectivity index (χ0v) is 19.6. The van der Waals surface area contributed by atoms with Crippen molar-refractivity contribution >= 4 is 16.8 Å². The summed E-state index contributed by atoms with van der Waals surface area (Å²) in [5.74, 6) is -0.437. The Kier molecular flexibility index (Phi) is 6.81. The number of carbonyl (C=O) groups excluding carboxylic acids is 1. The number of benzene rings is 2. The van der Waals surface area contributed by atoms with Crippen LogP contribution in [0.15, 0.2) is 49.1 Å². The number of ketones is 1. The lowest BCUT2D eigenvalue weighted by Gasteiger charge is -2.16. The summed E-state index contributed by atoms with van der Waals surface area (Å²) in [6, 6.07) is 9.04. The summed E-state index contributed by atoms with van der Waals surface area (Å²) in [7, 11) is 2.71. The monoisotopic (exact) mass is 486 g/mol. The molecule has 0 N–H and O–H groups in total. The van der Waals surface area contributed by atoms with Gasteiger partial charge in [0.2, 0.25) is 0 Å². The Balaban J connectivity index is 1.70. The van der Waals surface area contributed by atoms with Gasteiger partial charge in [0.25, 0.3) is 0 Å². The van der Waals surface area contributed by atoms with Gasteiger partial charge in [0.05, 0.1) is 43.6 Å². The zero-order chi connectivity index (χ0) is 25.2. The van der Waals surface area contributed by atoms with Crippen molar-refractivity contribution in [2.45, 2.75) is 38.9 Å². The molecular weight excluding hydrogens is 461 g/mol. The van der Waals surface area contributed by atoms with Gasteiger partial charge < -0.3 is 9.47 Å². The molecule has 4 rings (SSSR count). The Morgan fingerprint density at radius 2 is 1.77 bits per heavy atom. The van der Waals surface area contributed by atoms with Crippen LogP contribution >= 0.6 is 0 Å². The average molecular weight is 486 g/mol. The normalized spacial score (nSPS) is 11.7. The number of ether oxygens (including phenoxy) is 2. The third kappa shape index (κ3) is 5.16. The van der Waals surface area contributed by atoms with E-state index in [-0.39, 0.29) is 17.1 Å². The summed E-state index contributed by atoms with van der Waals surface area (Å²) >= 11 is 0. The third-order valence-corrected chi connectivity index (χ3v) is 5.65. The minimum Gasteiger partial charge on any atom is -0.496 e. The van der Waals surface area contributed by atoms with Crippen molar-refractivity contribution in [2.75, 3.05) is 14.2 Å². The minimum atomic E-state index is -4.43. The van der Waals surface area contributed by atoms with Gasteiger partial charge in [-0.1, -0.05) is 13.0 Å². The third-order valence-electron chi connectivity index (χ3n) is 5.65. The number of nitrogens with zero attached hydrogens (tertiary/aromatic N) is 4. The number of alkyl halides is 3. The van der Waals surface area contributed by atoms with Crippen LogP contribution in [0, 0.1) is 0 Å². The molecule has 4 aromatic rings. The van der Waals surface area contributed by atoms with Crippen LogP contribution in [0.3, 0.4) is 0 Å². The first-order valence-electron chi connectivity index (χ1n) is 11.1. The van der Waals surface area contributed by atoms with Crippen LogP contribution < -0.4 is 9.47 Å². The molecule has 0 fully saturated rings. The first-order chi connectivity index (χ1) is 16.7. The van der Waals surface area contributed by atoms with Gasteiger partial charge in [-0.25, -0.2) is 4.98 Å². The highest BCUT2D eigenvalue weighted by Gasteiger charge is 2.30. The van der Waals surface area contributed by atoms with Gasteiger partial charge in [-0.3, -0.25) is 14.0 Å². The SMILES string of the molecule is CCCn1cc(-c2ccc3c(c2)ncn3-c2cc(OC)c(C(=O)CCC(F)(F)F)c(OC)c2)cn1. The summed E-state index contributed by atoms with van der Waals surface area (Å²) in [5, 5.41) is 4.38. The number of fused-ring (bicyclic) bond motifs is 1. The molecule has 0 saturated carbocycles. The fourth-order valence-corrected chi connectivity index (χ4v) is 3.95. The summed E-state index contributed by atoms with van der Waals surface area (Å²) in [5.41, 5.74) is 4.09. The molecule has 2 heterocycles. The lowest BCUT2D eigenvalue weighted by atomic mass is 10.0. The van der Waals surface area contributed by atoms with Gasteiger partial charge in [-0.15, -0.1) is 0 Å². The van der Waals surface area contributed by atoms with Crippen LogP contribution in [-0.2, 0) is 6.54 Å². The number of hydrogen-bond acceptors (Lipinski definition) is 5. The van der Waals surface area contributed by atoms with E-state index in [1.165, 1.54) is 14.2 Å². The van der Waals surface area contributed by atoms with E-state index in [0.29, 0.717) is 5.69 Å². The van der Waals surface area contributed by atoms with Crippen molar-refractivity contribution < 1.29 is 27.4 Å². The topological polar surface area (TPSA) is 71.2 Å². The predicted octanol–water partition coefficient (Wildman–Crippen LogP) is 5.84. The second-order valence-corrected chi connectivity index (χ2v) is 8.07. The maximum absolute atomic E-state index is 12.6. The highest BCUT2D eigenvalue weighted by Crippen LogP contribution is 2.36. The van der Waals surface area contributed by atoms with Crippen LogP contribution in [0.25, 0.3) is 27.8 Å². The quantitative estimate of drug-likeness (QED) is 0.278. The lowest BCUT2D eigenvalue weighted by molar-refractivity contribution is -0.133. The van der Waals surface area contributed by atoms with Crippen molar-refractivity contribution in [1.29, 1.82) is 0 Å². The summed E-state index contributed by atoms with van der Waals surface area (Å²) in [6.07, 6.45) is 0.0920. The van der Waals surface area contributed by atoms with E-state index >= 15 is 0 Å². The predicted molar refractivity (Wildman–Crippen MR) is 125 cm³/mol. The van der Waals surface area contributed by atoms with E-state index in [2.05, 4.69) is 17.0 Å². The van der Waals surface area contributed by atoms with E-state index in [1.807, 2.05) is 35.3 Å². The van der Waals surface area contributed by atoms with Crippen LogP contribution in [0.1, 0.15) is 36.5 Å². The number of aryl methyl sites for hydroxylation is 1. The van der Waals surface area contributed by atoms with Crippen molar-refractivity contribution in [1.82, 2.24) is 19.3 Å². The molecule has 0 atom stereocenters. The van der Waals surface area contributed by atoms with Gasteiger partial charge >= 0.3 is 6.18 Å². The van der Waals surface area contributed by atoms with E-state index in [4.69, 9.17) is 9.47 Å². The fraction of sp³-hybridized carbons (Fsp3) is 0.320. The summed E-state index contributed by atoms with van der Waals surface area (Å²) in [4.78, 5) is 17.1. The zero-order valence-electron chi connectivity index (χ0n) is 19.6. The summed E-state index contributed by atoms with van der Waals surface area (Å²) < 4.78 is 52.3. The molecule has 0 radical (unpaired) electrons. The number of Topliss-reactive ketones (excluding diaryl/α,β-unsaturated/α-hetero) is 1. The molecule has 35 heavy (non-hydrogen) atoms. The maximum Gasteiger partial charge on any atom is 0.389 e. The van der Waals surface area contributed by atoms with Crippen molar-refractivity contribution in [2.24, 2.45) is 0 Å². The number of methoxy groups -OCH3 is 2. The van der Waals surface area contributed by atoms with Crippen molar-refractivity contribution in [3.8, 4) is 28.3 Å². The minimum absolute atomic E-state index is 0.0150. The van der Waals surface area contributed by atoms with Gasteiger partial charge in [0.1, 0.15) is 23.4 Å². The Labute approximate surface area is 200 Å². The molecule has 184 valence electrons. The fourth-order valence-electron chi connectivity index (χ4n) is 3.95. The molecule has 0 aliphatic heterocycles. The largest absolute Gasteiger partial charge is 0.496 e. The van der Waals surface area contributed by atoms with Crippen LogP contribution in [0.4, 0.5) is 13.2 Å². The molecule has 0 amide bonds. The van der Waals surface area contributed by atoms with E-state index in [1.54, 1.807) is 23.0 Å². The number of halogens is 3. The first kappa shape index (κ1) is 24.3. The van der Waals surface area contributed by atoms with E-state index < -0.39 is 24.8 Å². The Bertz CT molecular complexity index is 1330. The molecule has 2 aromatic carbocycles. The highest BCUT2D eigenvalue weighted by atomic mass is 19.4. The van der Waals surface area contributed by atoms with Crippen LogP contribution in [0.2, 0.25) is 0 Å². The molecule has 0 spiro atoms. The van der Waals surface area contributed by atoms with E-state index in [9.17, 15) is 18.0 Å². The molecule has 10 heteroatoms. The molecular formula is C25H25F3N4O3. The van der Waals surface area contributed by atoms with Crippen molar-refractivity contribution in [3.63, 3.8) is 0 Å². The number of rotatable bonds is 9. The molecule has 2 aromatic heterocycles. The van der Waals surface area contributed by atoms with Crippen molar-refractivity contribution in [3.05, 3.63) is 54.6 Å². The lowest BCUT2D eigenvalue weighted by Crippen LogP contribution is -2.13. The second-order valence-electron chi connectivity index (χ2n) is 8.07. The van der Waals surface area contributed by atoms with Crippen LogP contribution in [-0.4, -0.2) is 45.5 Å². The number of aromatic nitrogens is 4. The van der Waals surface area contributed by atoms with E-state index in [0.717, 1.165) is 35.1 Å². The van der Waals surface area contributed by atoms with Crippen LogP contribution in [0.5, 0.6) is 11.5 Å². The standard InChI is InChI=1S/C25H25F3N4O3/c1-4-9-31-14-17(13-30-31)16-5-6-20-19(10-16)29-15-32(20)18-11-22(34-2)24(23(12-18)35-3)21(33)7-8-25(26,27)28/h5-6,10-15H,4,7-9H2,1-3H3. The average Bonchev–Trinajstić information content (AvgIpc) is 3.48. The number of carbonyl (C=O) groups is 1. The first-order valence-corrected chi connectivity index (χ1v) is 11.1. The number of imidazole rings is 1. The molecule has 0 aliphatic rings. The Morgan fingerprint density at radius 1 is 1.06 bits per heavy atom. The van der Waals surface area contributed by atoms with Gasteiger partial charge in [-0.2, -0.15) is 18.3 Å². The maximum atomic E-state index is 12.6. The highest BCUT2D eigenvalue weighted by molar-refractivity contribution is 6.02. The van der Waals surface area contributed by atoms with Gasteiger partial charge in [0, 0.05) is 36.9 Å². The van der Waals surface area contributed by atoms with Gasteiger partial charge in [0.15, 0.2) is 5.78 Å². The molecule has 0 bridgehead atoms. The second kappa shape index (κ2) is 9.81. The molecule has 0 aliphatic carbocycles. The summed E-state index contributed by atoms with van der Waals surface area (Å²) in [6.45, 7) is 2.93. The molecule has 0 unspecified atom stereocenters. The molecule has 0 saturated heterocycles. The molecule has 7 nitrogen and oxygen atoms in total. The Hall–Kier alpha value is -3.82. The number of hydrogen-bond donors (Lipinski definition) is 0. The van der Waals surface area contributed by atoms with Gasteiger partial charge in [-0.05, 0) is 24.1 Å².